The summed E-state index contributed by atoms with van der Waals surface area (Å²) in [7, 11) is 1.74. The molecule has 4 rings (SSSR count). The van der Waals surface area contributed by atoms with E-state index in [4.69, 9.17) is 4.74 Å². The van der Waals surface area contributed by atoms with Gasteiger partial charge in [0.1, 0.15) is 5.75 Å². The summed E-state index contributed by atoms with van der Waals surface area (Å²) in [5.41, 5.74) is 1.19. The second-order valence-electron chi connectivity index (χ2n) is 7.90. The number of ether oxygens (including phenoxy) is 1. The topological polar surface area (TPSA) is 36.0 Å². The Morgan fingerprint density at radius 2 is 1.77 bits per heavy atom. The van der Waals surface area contributed by atoms with Crippen molar-refractivity contribution in [2.75, 3.05) is 51.3 Å². The lowest BCUT2D eigenvalue weighted by molar-refractivity contribution is -0.140. The number of rotatable bonds is 4. The number of anilines is 1. The van der Waals surface area contributed by atoms with Crippen molar-refractivity contribution in [1.82, 2.24) is 9.80 Å². The summed E-state index contributed by atoms with van der Waals surface area (Å²) < 4.78 is 5.52. The number of carbonyl (C=O) groups excluding carboxylic acids is 1. The molecule has 0 aromatic heterocycles. The summed E-state index contributed by atoms with van der Waals surface area (Å²) in [6.45, 7) is 6.07. The van der Waals surface area contributed by atoms with Crippen molar-refractivity contribution in [3.63, 3.8) is 0 Å². The maximum absolute atomic E-state index is 12.6. The van der Waals surface area contributed by atoms with Crippen molar-refractivity contribution in [2.45, 2.75) is 38.1 Å². The zero-order chi connectivity index (χ0) is 17.9. The van der Waals surface area contributed by atoms with Crippen LogP contribution in [0.2, 0.25) is 0 Å². The van der Waals surface area contributed by atoms with Gasteiger partial charge in [0.15, 0.2) is 0 Å². The molecule has 2 aliphatic heterocycles. The third-order valence-corrected chi connectivity index (χ3v) is 6.42. The molecule has 142 valence electrons. The molecular formula is C21H31N3O2. The fourth-order valence-electron chi connectivity index (χ4n) is 4.59. The summed E-state index contributed by atoms with van der Waals surface area (Å²) in [4.78, 5) is 19.8. The van der Waals surface area contributed by atoms with Crippen LogP contribution in [-0.2, 0) is 4.79 Å². The average molecular weight is 357 g/mol. The Kier molecular flexibility index (Phi) is 5.34. The quantitative estimate of drug-likeness (QED) is 0.830. The minimum atomic E-state index is 0.330. The maximum atomic E-state index is 12.6. The maximum Gasteiger partial charge on any atom is 0.225 e. The Hall–Kier alpha value is -1.75. The summed E-state index contributed by atoms with van der Waals surface area (Å²) in [6.07, 6.45) is 5.83. The van der Waals surface area contributed by atoms with E-state index in [1.54, 1.807) is 7.11 Å². The number of likely N-dealkylation sites (tertiary alicyclic amines) is 1. The zero-order valence-corrected chi connectivity index (χ0v) is 15.9. The molecule has 1 aromatic carbocycles. The third-order valence-electron chi connectivity index (χ3n) is 6.42. The van der Waals surface area contributed by atoms with Gasteiger partial charge >= 0.3 is 0 Å². The van der Waals surface area contributed by atoms with Crippen molar-refractivity contribution >= 4 is 11.6 Å². The van der Waals surface area contributed by atoms with Crippen LogP contribution in [0.25, 0.3) is 0 Å². The second kappa shape index (κ2) is 7.87. The van der Waals surface area contributed by atoms with Gasteiger partial charge in [-0.25, -0.2) is 0 Å². The summed E-state index contributed by atoms with van der Waals surface area (Å²) in [5.74, 6) is 1.71. The minimum Gasteiger partial charge on any atom is -0.495 e. The van der Waals surface area contributed by atoms with Gasteiger partial charge in [-0.3, -0.25) is 9.69 Å². The van der Waals surface area contributed by atoms with Crippen LogP contribution in [0.1, 0.15) is 32.1 Å². The molecular weight excluding hydrogens is 326 g/mol. The fourth-order valence-corrected chi connectivity index (χ4v) is 4.59. The van der Waals surface area contributed by atoms with Gasteiger partial charge in [-0.05, 0) is 37.8 Å². The van der Waals surface area contributed by atoms with Crippen LogP contribution < -0.4 is 9.64 Å². The molecule has 0 radical (unpaired) electrons. The number of hydrogen-bond acceptors (Lipinski definition) is 4. The Bertz CT molecular complexity index is 623. The number of methoxy groups -OCH3 is 1. The van der Waals surface area contributed by atoms with Crippen LogP contribution >= 0.6 is 0 Å². The summed E-state index contributed by atoms with van der Waals surface area (Å²) in [6, 6.07) is 8.82. The molecule has 0 spiro atoms. The van der Waals surface area contributed by atoms with Gasteiger partial charge in [0.2, 0.25) is 5.91 Å². The van der Waals surface area contributed by atoms with E-state index in [0.29, 0.717) is 17.9 Å². The van der Waals surface area contributed by atoms with Gasteiger partial charge in [-0.15, -0.1) is 0 Å². The Morgan fingerprint density at radius 1 is 1.00 bits per heavy atom. The van der Waals surface area contributed by atoms with Crippen molar-refractivity contribution in [1.29, 1.82) is 0 Å². The highest BCUT2D eigenvalue weighted by Crippen LogP contribution is 2.31. The van der Waals surface area contributed by atoms with E-state index in [9.17, 15) is 4.79 Å². The van der Waals surface area contributed by atoms with Gasteiger partial charge in [-0.2, -0.15) is 0 Å². The van der Waals surface area contributed by atoms with Crippen molar-refractivity contribution in [3.8, 4) is 5.75 Å². The van der Waals surface area contributed by atoms with Crippen molar-refractivity contribution in [2.24, 2.45) is 5.92 Å². The SMILES string of the molecule is COc1ccccc1N1CCN([C@@H]2CCCN(C(=O)C3CCC3)C2)CC1. The lowest BCUT2D eigenvalue weighted by Gasteiger charge is -2.45. The standard InChI is InChI=1S/C21H31N3O2/c1-26-20-10-3-2-9-19(20)23-14-12-22(13-15-23)18-8-5-11-24(16-18)21(25)17-6-4-7-17/h2-3,9-10,17-18H,4-8,11-16H2,1H3/t18-/m1/s1. The largest absolute Gasteiger partial charge is 0.495 e. The summed E-state index contributed by atoms with van der Waals surface area (Å²) in [5, 5.41) is 0. The first kappa shape index (κ1) is 17.7. The van der Waals surface area contributed by atoms with Gasteiger partial charge < -0.3 is 14.5 Å². The monoisotopic (exact) mass is 357 g/mol. The number of hydrogen-bond donors (Lipinski definition) is 0. The first-order valence-electron chi connectivity index (χ1n) is 10.2. The van der Waals surface area contributed by atoms with Gasteiger partial charge in [0, 0.05) is 51.2 Å². The predicted octanol–water partition coefficient (Wildman–Crippen LogP) is 2.61. The van der Waals surface area contributed by atoms with Crippen LogP contribution in [0.3, 0.4) is 0 Å². The zero-order valence-electron chi connectivity index (χ0n) is 15.9. The highest BCUT2D eigenvalue weighted by molar-refractivity contribution is 5.79. The van der Waals surface area contributed by atoms with Crippen LogP contribution in [0.15, 0.2) is 24.3 Å². The van der Waals surface area contributed by atoms with Gasteiger partial charge in [-0.1, -0.05) is 18.6 Å². The molecule has 0 bridgehead atoms. The average Bonchev–Trinajstić information content (AvgIpc) is 2.67. The first-order valence-corrected chi connectivity index (χ1v) is 10.2. The van der Waals surface area contributed by atoms with E-state index in [1.165, 1.54) is 18.5 Å². The molecule has 0 unspecified atom stereocenters. The molecule has 1 atom stereocenters. The number of piperidine rings is 1. The highest BCUT2D eigenvalue weighted by Gasteiger charge is 2.34. The molecule has 2 heterocycles. The molecule has 1 saturated carbocycles. The van der Waals surface area contributed by atoms with E-state index in [2.05, 4.69) is 26.8 Å². The molecule has 26 heavy (non-hydrogen) atoms. The molecule has 3 aliphatic rings. The number of piperazine rings is 1. The number of benzene rings is 1. The van der Waals surface area contributed by atoms with E-state index in [0.717, 1.165) is 64.3 Å². The van der Waals surface area contributed by atoms with Crippen molar-refractivity contribution in [3.05, 3.63) is 24.3 Å². The van der Waals surface area contributed by atoms with Gasteiger partial charge in [0.25, 0.3) is 0 Å². The fraction of sp³-hybridized carbons (Fsp3) is 0.667. The van der Waals surface area contributed by atoms with E-state index in [-0.39, 0.29) is 0 Å². The molecule has 5 nitrogen and oxygen atoms in total. The second-order valence-corrected chi connectivity index (χ2v) is 7.90. The first-order chi connectivity index (χ1) is 12.8. The lowest BCUT2D eigenvalue weighted by atomic mass is 9.84. The van der Waals surface area contributed by atoms with Crippen LogP contribution in [0, 0.1) is 5.92 Å². The predicted molar refractivity (Wildman–Crippen MR) is 104 cm³/mol. The van der Waals surface area contributed by atoms with Crippen molar-refractivity contribution < 1.29 is 9.53 Å². The highest BCUT2D eigenvalue weighted by atomic mass is 16.5. The Labute approximate surface area is 156 Å². The van der Waals surface area contributed by atoms with E-state index in [1.807, 2.05) is 12.1 Å². The molecule has 1 amide bonds. The number of para-hydroxylation sites is 2. The third kappa shape index (κ3) is 3.54. The normalized spacial score (nSPS) is 25.0. The molecule has 3 fully saturated rings. The van der Waals surface area contributed by atoms with E-state index >= 15 is 0 Å². The van der Waals surface area contributed by atoms with Crippen LogP contribution in [-0.4, -0.2) is 68.1 Å². The lowest BCUT2D eigenvalue weighted by Crippen LogP contribution is -2.56. The Balaban J connectivity index is 1.33. The van der Waals surface area contributed by atoms with Crippen LogP contribution in [0.4, 0.5) is 5.69 Å². The number of amides is 1. The molecule has 1 aromatic rings. The minimum absolute atomic E-state index is 0.330. The van der Waals surface area contributed by atoms with Crippen LogP contribution in [0.5, 0.6) is 5.75 Å². The molecule has 0 N–H and O–H groups in total. The smallest absolute Gasteiger partial charge is 0.225 e. The number of carbonyl (C=O) groups is 1. The molecule has 1 aliphatic carbocycles. The summed E-state index contributed by atoms with van der Waals surface area (Å²) >= 11 is 0. The Morgan fingerprint density at radius 3 is 2.46 bits per heavy atom. The van der Waals surface area contributed by atoms with E-state index < -0.39 is 0 Å². The number of nitrogens with zero attached hydrogens (tertiary/aromatic N) is 3. The molecule has 5 heteroatoms. The molecule has 2 saturated heterocycles. The van der Waals surface area contributed by atoms with Gasteiger partial charge in [0.05, 0.1) is 12.8 Å².